The van der Waals surface area contributed by atoms with Gasteiger partial charge in [-0.1, -0.05) is 18.2 Å². The van der Waals surface area contributed by atoms with E-state index >= 15 is 0 Å². The first kappa shape index (κ1) is 17.1. The number of aryl methyl sites for hydroxylation is 2. The van der Waals surface area contributed by atoms with Crippen molar-refractivity contribution in [2.24, 2.45) is 0 Å². The molecule has 3 rings (SSSR count). The van der Waals surface area contributed by atoms with E-state index in [-0.39, 0.29) is 18.5 Å². The number of hydrogen-bond donors (Lipinski definition) is 0. The van der Waals surface area contributed by atoms with E-state index in [0.717, 1.165) is 16.7 Å². The second kappa shape index (κ2) is 6.63. The molecule has 2 aromatic carbocycles. The molecular weight excluding hydrogens is 329 g/mol. The lowest BCUT2D eigenvalue weighted by molar-refractivity contribution is -0.00258. The number of benzene rings is 2. The summed E-state index contributed by atoms with van der Waals surface area (Å²) in [6.07, 6.45) is -0.388. The lowest BCUT2D eigenvalue weighted by atomic mass is 10.1. The number of hydrogen-bond acceptors (Lipinski definition) is 3. The van der Waals surface area contributed by atoms with Crippen LogP contribution in [0.3, 0.4) is 0 Å². The van der Waals surface area contributed by atoms with Crippen LogP contribution >= 0.6 is 0 Å². The Hall–Kier alpha value is -1.76. The van der Waals surface area contributed by atoms with E-state index in [9.17, 15) is 12.8 Å². The Bertz CT molecular complexity index is 834. The van der Waals surface area contributed by atoms with Crippen molar-refractivity contribution in [1.82, 2.24) is 4.31 Å². The predicted molar refractivity (Wildman–Crippen MR) is 89.8 cm³/mol. The summed E-state index contributed by atoms with van der Waals surface area (Å²) in [6.45, 7) is 4.69. The van der Waals surface area contributed by atoms with Gasteiger partial charge in [-0.3, -0.25) is 0 Å². The number of sulfonamides is 1. The SMILES string of the molecule is Cc1ccc(S(=O)(=O)N2CCOC(c3ccc(F)cc3)C2)cc1C. The molecule has 0 N–H and O–H groups in total. The van der Waals surface area contributed by atoms with E-state index in [4.69, 9.17) is 4.74 Å². The maximum absolute atomic E-state index is 13.1. The Kier molecular flexibility index (Phi) is 4.71. The summed E-state index contributed by atoms with van der Waals surface area (Å²) in [6, 6.07) is 11.1. The second-order valence-corrected chi connectivity index (χ2v) is 7.96. The van der Waals surface area contributed by atoms with Crippen LogP contribution < -0.4 is 0 Å². The van der Waals surface area contributed by atoms with Gasteiger partial charge in [-0.2, -0.15) is 4.31 Å². The lowest BCUT2D eigenvalue weighted by Crippen LogP contribution is -2.42. The molecule has 1 aliphatic heterocycles. The number of halogens is 1. The molecule has 128 valence electrons. The minimum atomic E-state index is -3.57. The number of ether oxygens (including phenoxy) is 1. The minimum absolute atomic E-state index is 0.223. The summed E-state index contributed by atoms with van der Waals surface area (Å²) in [4.78, 5) is 0.297. The van der Waals surface area contributed by atoms with Gasteiger partial charge < -0.3 is 4.74 Å². The summed E-state index contributed by atoms with van der Waals surface area (Å²) >= 11 is 0. The molecule has 0 amide bonds. The van der Waals surface area contributed by atoms with Gasteiger partial charge in [-0.25, -0.2) is 12.8 Å². The summed E-state index contributed by atoms with van der Waals surface area (Å²) in [5.74, 6) is -0.325. The Morgan fingerprint density at radius 2 is 1.79 bits per heavy atom. The normalized spacial score (nSPS) is 19.4. The van der Waals surface area contributed by atoms with Gasteiger partial charge in [0.05, 0.1) is 17.6 Å². The third-order valence-electron chi connectivity index (χ3n) is 4.39. The van der Waals surface area contributed by atoms with Crippen molar-refractivity contribution in [3.63, 3.8) is 0 Å². The van der Waals surface area contributed by atoms with Crippen molar-refractivity contribution in [2.75, 3.05) is 19.7 Å². The van der Waals surface area contributed by atoms with E-state index in [0.29, 0.717) is 18.0 Å². The average molecular weight is 349 g/mol. The zero-order valence-electron chi connectivity index (χ0n) is 13.7. The fourth-order valence-corrected chi connectivity index (χ4v) is 4.26. The van der Waals surface area contributed by atoms with Crippen LogP contribution in [0.15, 0.2) is 47.4 Å². The molecule has 1 fully saturated rings. The molecule has 0 aromatic heterocycles. The first-order valence-electron chi connectivity index (χ1n) is 7.82. The second-order valence-electron chi connectivity index (χ2n) is 6.02. The zero-order valence-corrected chi connectivity index (χ0v) is 14.5. The van der Waals surface area contributed by atoms with E-state index in [1.807, 2.05) is 19.9 Å². The van der Waals surface area contributed by atoms with Crippen LogP contribution in [0, 0.1) is 19.7 Å². The molecule has 6 heteroatoms. The van der Waals surface area contributed by atoms with E-state index in [1.165, 1.54) is 16.4 Å². The number of rotatable bonds is 3. The Morgan fingerprint density at radius 1 is 1.08 bits per heavy atom. The Morgan fingerprint density at radius 3 is 2.46 bits per heavy atom. The first-order chi connectivity index (χ1) is 11.4. The van der Waals surface area contributed by atoms with Gasteiger partial charge in [0.2, 0.25) is 10.0 Å². The monoisotopic (exact) mass is 349 g/mol. The molecule has 0 saturated carbocycles. The highest BCUT2D eigenvalue weighted by Gasteiger charge is 2.31. The van der Waals surface area contributed by atoms with E-state index < -0.39 is 10.0 Å². The summed E-state index contributed by atoms with van der Waals surface area (Å²) in [7, 11) is -3.57. The van der Waals surface area contributed by atoms with Gasteiger partial charge in [0.15, 0.2) is 0 Å². The fourth-order valence-electron chi connectivity index (χ4n) is 2.75. The highest BCUT2D eigenvalue weighted by atomic mass is 32.2. The van der Waals surface area contributed by atoms with Gasteiger partial charge >= 0.3 is 0 Å². The van der Waals surface area contributed by atoms with Gasteiger partial charge in [0, 0.05) is 13.1 Å². The standard InChI is InChI=1S/C18H20FNO3S/c1-13-3-8-17(11-14(13)2)24(21,22)20-9-10-23-18(12-20)15-4-6-16(19)7-5-15/h3-8,11,18H,9-10,12H2,1-2H3. The van der Waals surface area contributed by atoms with Crippen LogP contribution in [0.1, 0.15) is 22.8 Å². The molecule has 0 aliphatic carbocycles. The molecule has 4 nitrogen and oxygen atoms in total. The largest absolute Gasteiger partial charge is 0.371 e. The van der Waals surface area contributed by atoms with Crippen molar-refractivity contribution in [1.29, 1.82) is 0 Å². The maximum Gasteiger partial charge on any atom is 0.243 e. The Labute approximate surface area is 141 Å². The molecular formula is C18H20FNO3S. The third-order valence-corrected chi connectivity index (χ3v) is 6.25. The molecule has 0 radical (unpaired) electrons. The van der Waals surface area contributed by atoms with E-state index in [1.54, 1.807) is 24.3 Å². The minimum Gasteiger partial charge on any atom is -0.371 e. The quantitative estimate of drug-likeness (QED) is 0.855. The van der Waals surface area contributed by atoms with Crippen LogP contribution in [0.2, 0.25) is 0 Å². The summed E-state index contributed by atoms with van der Waals surface area (Å²) < 4.78 is 46.0. The highest BCUT2D eigenvalue weighted by Crippen LogP contribution is 2.27. The van der Waals surface area contributed by atoms with Crippen LogP contribution in [0.5, 0.6) is 0 Å². The van der Waals surface area contributed by atoms with Crippen molar-refractivity contribution in [3.05, 3.63) is 65.0 Å². The number of morpholine rings is 1. The molecule has 0 spiro atoms. The molecule has 1 atom stereocenters. The lowest BCUT2D eigenvalue weighted by Gasteiger charge is -2.32. The van der Waals surface area contributed by atoms with Crippen molar-refractivity contribution in [2.45, 2.75) is 24.8 Å². The Balaban J connectivity index is 1.85. The zero-order chi connectivity index (χ0) is 17.3. The molecule has 1 saturated heterocycles. The summed E-state index contributed by atoms with van der Waals surface area (Å²) in [5.41, 5.74) is 2.77. The number of nitrogens with zero attached hydrogens (tertiary/aromatic N) is 1. The van der Waals surface area contributed by atoms with Gasteiger partial charge in [0.1, 0.15) is 5.82 Å². The topological polar surface area (TPSA) is 46.6 Å². The fraction of sp³-hybridized carbons (Fsp3) is 0.333. The predicted octanol–water partition coefficient (Wildman–Crippen LogP) is 3.20. The first-order valence-corrected chi connectivity index (χ1v) is 9.26. The molecule has 2 aromatic rings. The third kappa shape index (κ3) is 3.36. The van der Waals surface area contributed by atoms with Crippen molar-refractivity contribution in [3.8, 4) is 0 Å². The summed E-state index contributed by atoms with van der Waals surface area (Å²) in [5, 5.41) is 0. The van der Waals surface area contributed by atoms with Gasteiger partial charge in [0.25, 0.3) is 0 Å². The van der Waals surface area contributed by atoms with Gasteiger partial charge in [-0.05, 0) is 54.8 Å². The van der Waals surface area contributed by atoms with Crippen LogP contribution in [-0.2, 0) is 14.8 Å². The molecule has 24 heavy (non-hydrogen) atoms. The van der Waals surface area contributed by atoms with Crippen molar-refractivity contribution >= 4 is 10.0 Å². The molecule has 1 unspecified atom stereocenters. The average Bonchev–Trinajstić information content (AvgIpc) is 2.58. The van der Waals surface area contributed by atoms with E-state index in [2.05, 4.69) is 0 Å². The van der Waals surface area contributed by atoms with Crippen LogP contribution in [0.4, 0.5) is 4.39 Å². The maximum atomic E-state index is 13.1. The van der Waals surface area contributed by atoms with Crippen molar-refractivity contribution < 1.29 is 17.5 Å². The molecule has 0 bridgehead atoms. The van der Waals surface area contributed by atoms with Crippen LogP contribution in [0.25, 0.3) is 0 Å². The molecule has 1 heterocycles. The highest BCUT2D eigenvalue weighted by molar-refractivity contribution is 7.89. The van der Waals surface area contributed by atoms with Gasteiger partial charge in [-0.15, -0.1) is 0 Å². The van der Waals surface area contributed by atoms with Crippen LogP contribution in [-0.4, -0.2) is 32.4 Å². The molecule has 1 aliphatic rings. The smallest absolute Gasteiger partial charge is 0.243 e.